The Morgan fingerprint density at radius 1 is 1.31 bits per heavy atom. The molecule has 142 valence electrons. The lowest BCUT2D eigenvalue weighted by Crippen LogP contribution is -2.52. The number of nitrogens with zero attached hydrogens (tertiary/aromatic N) is 1. The normalized spacial score (nSPS) is 16.8. The number of carbonyl (C=O) groups is 3. The van der Waals surface area contributed by atoms with Crippen molar-refractivity contribution >= 4 is 17.7 Å². The average molecular weight is 365 g/mol. The van der Waals surface area contributed by atoms with E-state index in [-0.39, 0.29) is 37.9 Å². The Bertz CT molecular complexity index is 674. The second-order valence-electron chi connectivity index (χ2n) is 5.89. The van der Waals surface area contributed by atoms with Crippen molar-refractivity contribution in [2.45, 2.75) is 25.8 Å². The minimum Gasteiger partial charge on any atom is -0.493 e. The molecule has 1 unspecified atom stereocenters. The summed E-state index contributed by atoms with van der Waals surface area (Å²) in [5.41, 5.74) is 0.524. The highest BCUT2D eigenvalue weighted by atomic mass is 16.5. The summed E-state index contributed by atoms with van der Waals surface area (Å²) in [5.74, 6) is -0.436. The van der Waals surface area contributed by atoms with Crippen molar-refractivity contribution in [3.05, 3.63) is 23.8 Å². The smallest absolute Gasteiger partial charge is 0.328 e. The number of methoxy groups -OCH3 is 1. The number of morpholine rings is 1. The zero-order valence-electron chi connectivity index (χ0n) is 14.9. The summed E-state index contributed by atoms with van der Waals surface area (Å²) in [7, 11) is 1.49. The Morgan fingerprint density at radius 3 is 2.73 bits per heavy atom. The van der Waals surface area contributed by atoms with E-state index in [1.807, 2.05) is 0 Å². The number of aliphatic carboxylic acids is 1. The van der Waals surface area contributed by atoms with Gasteiger partial charge in [0, 0.05) is 18.5 Å². The fourth-order valence-electron chi connectivity index (χ4n) is 2.66. The van der Waals surface area contributed by atoms with Gasteiger partial charge in [0.15, 0.2) is 23.3 Å². The van der Waals surface area contributed by atoms with E-state index >= 15 is 0 Å². The topological polar surface area (TPSA) is 102 Å². The molecule has 0 radical (unpaired) electrons. The molecule has 0 bridgehead atoms. The van der Waals surface area contributed by atoms with Crippen LogP contribution in [-0.4, -0.2) is 67.2 Å². The van der Waals surface area contributed by atoms with Crippen molar-refractivity contribution in [1.82, 2.24) is 4.90 Å². The van der Waals surface area contributed by atoms with Crippen LogP contribution in [0.4, 0.5) is 0 Å². The zero-order valence-corrected chi connectivity index (χ0v) is 14.9. The van der Waals surface area contributed by atoms with Crippen LogP contribution in [0, 0.1) is 0 Å². The number of carboxylic acids is 1. The molecule has 1 aliphatic rings. The minimum atomic E-state index is -1.07. The molecule has 1 saturated heterocycles. The van der Waals surface area contributed by atoms with Crippen molar-refractivity contribution in [3.63, 3.8) is 0 Å². The van der Waals surface area contributed by atoms with E-state index in [1.165, 1.54) is 18.9 Å². The first kappa shape index (κ1) is 19.7. The molecule has 0 aliphatic carbocycles. The van der Waals surface area contributed by atoms with Crippen LogP contribution < -0.4 is 9.47 Å². The van der Waals surface area contributed by atoms with Gasteiger partial charge >= 0.3 is 5.97 Å². The number of hydrogen-bond donors (Lipinski definition) is 1. The Morgan fingerprint density at radius 2 is 2.08 bits per heavy atom. The maximum absolute atomic E-state index is 12.3. The molecule has 1 amide bonds. The van der Waals surface area contributed by atoms with Crippen molar-refractivity contribution in [1.29, 1.82) is 0 Å². The molecule has 0 spiro atoms. The zero-order chi connectivity index (χ0) is 19.1. The molecule has 8 heteroatoms. The molecule has 1 fully saturated rings. The van der Waals surface area contributed by atoms with Gasteiger partial charge in [0.05, 0.1) is 26.9 Å². The van der Waals surface area contributed by atoms with Crippen LogP contribution in [0.15, 0.2) is 18.2 Å². The molecule has 1 aliphatic heterocycles. The molecule has 0 aromatic heterocycles. The van der Waals surface area contributed by atoms with Gasteiger partial charge in [0.1, 0.15) is 0 Å². The number of ether oxygens (including phenoxy) is 3. The summed E-state index contributed by atoms with van der Waals surface area (Å²) in [6.07, 6.45) is 0.609. The van der Waals surface area contributed by atoms with Crippen molar-refractivity contribution < 1.29 is 33.7 Å². The number of hydrogen-bond acceptors (Lipinski definition) is 6. The second-order valence-corrected chi connectivity index (χ2v) is 5.89. The fourth-order valence-corrected chi connectivity index (χ4v) is 2.66. The molecular formula is C18H23NO7. The molecular weight excluding hydrogens is 342 g/mol. The van der Waals surface area contributed by atoms with Crippen LogP contribution in [0.25, 0.3) is 0 Å². The number of carboxylic acid groups (broad SMARTS) is 1. The van der Waals surface area contributed by atoms with E-state index in [1.54, 1.807) is 18.2 Å². The molecule has 1 aromatic rings. The number of amides is 1. The third kappa shape index (κ3) is 4.95. The highest BCUT2D eigenvalue weighted by Gasteiger charge is 2.32. The Kier molecular flexibility index (Phi) is 6.97. The van der Waals surface area contributed by atoms with E-state index in [4.69, 9.17) is 19.3 Å². The van der Waals surface area contributed by atoms with E-state index in [0.717, 1.165) is 0 Å². The molecule has 8 nitrogen and oxygen atoms in total. The quantitative estimate of drug-likeness (QED) is 0.548. The maximum atomic E-state index is 12.3. The lowest BCUT2D eigenvalue weighted by atomic mass is 10.1. The predicted molar refractivity (Wildman–Crippen MR) is 91.7 cm³/mol. The summed E-state index contributed by atoms with van der Waals surface area (Å²) in [6, 6.07) is 3.97. The van der Waals surface area contributed by atoms with Crippen molar-refractivity contribution in [3.8, 4) is 11.5 Å². The van der Waals surface area contributed by atoms with Gasteiger partial charge in [-0.3, -0.25) is 9.59 Å². The lowest BCUT2D eigenvalue weighted by Gasteiger charge is -2.32. The Balaban J connectivity index is 1.85. The van der Waals surface area contributed by atoms with Crippen LogP contribution in [0.3, 0.4) is 0 Å². The van der Waals surface area contributed by atoms with Gasteiger partial charge in [0.2, 0.25) is 5.91 Å². The number of benzene rings is 1. The molecule has 1 heterocycles. The molecule has 1 aromatic carbocycles. The minimum absolute atomic E-state index is 0.0112. The van der Waals surface area contributed by atoms with Gasteiger partial charge in [-0.1, -0.05) is 0 Å². The maximum Gasteiger partial charge on any atom is 0.328 e. The van der Waals surface area contributed by atoms with Gasteiger partial charge in [-0.25, -0.2) is 4.79 Å². The molecule has 2 rings (SSSR count). The summed E-state index contributed by atoms with van der Waals surface area (Å²) >= 11 is 0. The summed E-state index contributed by atoms with van der Waals surface area (Å²) < 4.78 is 16.0. The first-order valence-corrected chi connectivity index (χ1v) is 8.36. The van der Waals surface area contributed by atoms with Gasteiger partial charge in [-0.05, 0) is 31.5 Å². The first-order chi connectivity index (χ1) is 12.4. The molecule has 1 N–H and O–H groups in total. The molecule has 0 saturated carbocycles. The average Bonchev–Trinajstić information content (AvgIpc) is 2.64. The van der Waals surface area contributed by atoms with Crippen molar-refractivity contribution in [2.24, 2.45) is 0 Å². The standard InChI is InChI=1S/C18H23NO7/c1-12(20)13-5-6-15(16(10-13)24-2)26-8-3-4-17(21)19-7-9-25-11-14(19)18(22)23/h5-6,10,14H,3-4,7-9,11H2,1-2H3,(H,22,23). The fraction of sp³-hybridized carbons (Fsp3) is 0.500. The van der Waals surface area contributed by atoms with Gasteiger partial charge in [-0.2, -0.15) is 0 Å². The predicted octanol–water partition coefficient (Wildman–Crippen LogP) is 1.37. The number of carbonyl (C=O) groups excluding carboxylic acids is 2. The van der Waals surface area contributed by atoms with Gasteiger partial charge in [0.25, 0.3) is 0 Å². The lowest BCUT2D eigenvalue weighted by molar-refractivity contribution is -0.158. The number of Topliss-reactive ketones (excluding diaryl/α,β-unsaturated/α-hetero) is 1. The van der Waals surface area contributed by atoms with Crippen LogP contribution in [-0.2, 0) is 14.3 Å². The highest BCUT2D eigenvalue weighted by Crippen LogP contribution is 2.28. The van der Waals surface area contributed by atoms with Crippen LogP contribution in [0.1, 0.15) is 30.1 Å². The van der Waals surface area contributed by atoms with Gasteiger partial charge < -0.3 is 24.2 Å². The van der Waals surface area contributed by atoms with E-state index < -0.39 is 12.0 Å². The summed E-state index contributed by atoms with van der Waals surface area (Å²) in [6.45, 7) is 2.36. The Hall–Kier alpha value is -2.61. The number of rotatable bonds is 8. The van der Waals surface area contributed by atoms with Crippen LogP contribution in [0.5, 0.6) is 11.5 Å². The third-order valence-electron chi connectivity index (χ3n) is 4.10. The highest BCUT2D eigenvalue weighted by molar-refractivity contribution is 5.94. The van der Waals surface area contributed by atoms with E-state index in [2.05, 4.69) is 0 Å². The summed E-state index contributed by atoms with van der Waals surface area (Å²) in [4.78, 5) is 36.2. The van der Waals surface area contributed by atoms with Crippen LogP contribution in [0.2, 0.25) is 0 Å². The van der Waals surface area contributed by atoms with E-state index in [9.17, 15) is 14.4 Å². The second kappa shape index (κ2) is 9.19. The SMILES string of the molecule is COc1cc(C(C)=O)ccc1OCCCC(=O)N1CCOCC1C(=O)O. The summed E-state index contributed by atoms with van der Waals surface area (Å²) in [5, 5.41) is 9.16. The molecule has 26 heavy (non-hydrogen) atoms. The Labute approximate surface area is 151 Å². The third-order valence-corrected chi connectivity index (χ3v) is 4.10. The van der Waals surface area contributed by atoms with Crippen molar-refractivity contribution in [2.75, 3.05) is 33.5 Å². The van der Waals surface area contributed by atoms with E-state index in [0.29, 0.717) is 30.1 Å². The van der Waals surface area contributed by atoms with Crippen LogP contribution >= 0.6 is 0 Å². The first-order valence-electron chi connectivity index (χ1n) is 8.36. The largest absolute Gasteiger partial charge is 0.493 e. The number of ketones is 1. The monoisotopic (exact) mass is 365 g/mol. The van der Waals surface area contributed by atoms with Gasteiger partial charge in [-0.15, -0.1) is 0 Å². The molecule has 1 atom stereocenters.